The van der Waals surface area contributed by atoms with Gasteiger partial charge in [0.1, 0.15) is 5.75 Å². The van der Waals surface area contributed by atoms with Crippen molar-refractivity contribution in [3.63, 3.8) is 0 Å². The molecular weight excluding hydrogens is 216 g/mol. The fourth-order valence-corrected chi connectivity index (χ4v) is 1.34. The number of carbonyl (C=O) groups is 1. The van der Waals surface area contributed by atoms with Crippen molar-refractivity contribution in [3.8, 4) is 5.75 Å². The smallest absolute Gasteiger partial charge is 0.333 e. The average Bonchev–Trinajstić information content (AvgIpc) is 2.32. The largest absolute Gasteiger partial charge is 0.508 e. The molecule has 0 radical (unpaired) electrons. The molecule has 0 fully saturated rings. The molecule has 0 saturated carbocycles. The standard InChI is InChI=1S/C14H18O3/c1-3-4-9-17-14(16)11(2)10-12-5-7-13(15)8-6-12/h5-8,15H,2-4,9-10H2,1H3. The number of rotatable bonds is 6. The van der Waals surface area contributed by atoms with Gasteiger partial charge in [-0.25, -0.2) is 4.79 Å². The Morgan fingerprint density at radius 1 is 1.35 bits per heavy atom. The van der Waals surface area contributed by atoms with Crippen LogP contribution in [0.15, 0.2) is 36.4 Å². The van der Waals surface area contributed by atoms with Gasteiger partial charge in [0.25, 0.3) is 0 Å². The van der Waals surface area contributed by atoms with E-state index in [-0.39, 0.29) is 11.7 Å². The van der Waals surface area contributed by atoms with E-state index in [1.807, 2.05) is 6.92 Å². The number of hydrogen-bond acceptors (Lipinski definition) is 3. The Bertz CT molecular complexity index is 379. The second-order valence-electron chi connectivity index (χ2n) is 3.94. The fourth-order valence-electron chi connectivity index (χ4n) is 1.34. The monoisotopic (exact) mass is 234 g/mol. The summed E-state index contributed by atoms with van der Waals surface area (Å²) < 4.78 is 5.05. The van der Waals surface area contributed by atoms with Crippen LogP contribution in [0.5, 0.6) is 5.75 Å². The van der Waals surface area contributed by atoms with Crippen LogP contribution in [0.25, 0.3) is 0 Å². The molecule has 1 aromatic rings. The highest BCUT2D eigenvalue weighted by molar-refractivity contribution is 5.88. The Kier molecular flexibility index (Phi) is 5.27. The molecule has 92 valence electrons. The van der Waals surface area contributed by atoms with Crippen LogP contribution in [-0.4, -0.2) is 17.7 Å². The Morgan fingerprint density at radius 3 is 2.59 bits per heavy atom. The summed E-state index contributed by atoms with van der Waals surface area (Å²) in [6.07, 6.45) is 2.32. The predicted octanol–water partition coefficient (Wildman–Crippen LogP) is 2.83. The van der Waals surface area contributed by atoms with Gasteiger partial charge in [0, 0.05) is 12.0 Å². The van der Waals surface area contributed by atoms with Crippen molar-refractivity contribution in [1.82, 2.24) is 0 Å². The molecule has 0 unspecified atom stereocenters. The zero-order chi connectivity index (χ0) is 12.7. The summed E-state index contributed by atoms with van der Waals surface area (Å²) in [4.78, 5) is 11.5. The normalized spacial score (nSPS) is 9.94. The van der Waals surface area contributed by atoms with E-state index in [4.69, 9.17) is 9.84 Å². The molecule has 0 spiro atoms. The van der Waals surface area contributed by atoms with Crippen LogP contribution < -0.4 is 0 Å². The second kappa shape index (κ2) is 6.74. The average molecular weight is 234 g/mol. The minimum atomic E-state index is -0.341. The molecular formula is C14H18O3. The van der Waals surface area contributed by atoms with Gasteiger partial charge in [-0.15, -0.1) is 0 Å². The summed E-state index contributed by atoms with van der Waals surface area (Å²) in [5.74, 6) is -0.128. The fraction of sp³-hybridized carbons (Fsp3) is 0.357. The molecule has 0 aliphatic heterocycles. The van der Waals surface area contributed by atoms with Gasteiger partial charge in [0.15, 0.2) is 0 Å². The van der Waals surface area contributed by atoms with Crippen molar-refractivity contribution in [2.24, 2.45) is 0 Å². The lowest BCUT2D eigenvalue weighted by molar-refractivity contribution is -0.139. The molecule has 0 amide bonds. The van der Waals surface area contributed by atoms with Crippen molar-refractivity contribution < 1.29 is 14.6 Å². The summed E-state index contributed by atoms with van der Waals surface area (Å²) in [6, 6.07) is 6.70. The third kappa shape index (κ3) is 4.72. The number of ether oxygens (including phenoxy) is 1. The van der Waals surface area contributed by atoms with E-state index in [9.17, 15) is 4.79 Å². The van der Waals surface area contributed by atoms with E-state index < -0.39 is 0 Å². The van der Waals surface area contributed by atoms with E-state index in [1.165, 1.54) is 0 Å². The van der Waals surface area contributed by atoms with E-state index in [0.717, 1.165) is 18.4 Å². The molecule has 0 bridgehead atoms. The van der Waals surface area contributed by atoms with Crippen molar-refractivity contribution in [3.05, 3.63) is 42.0 Å². The summed E-state index contributed by atoms with van der Waals surface area (Å²) in [5, 5.41) is 9.13. The minimum Gasteiger partial charge on any atom is -0.508 e. The van der Waals surface area contributed by atoms with Gasteiger partial charge in [-0.1, -0.05) is 32.1 Å². The molecule has 3 heteroatoms. The third-order valence-electron chi connectivity index (χ3n) is 2.37. The molecule has 0 atom stereocenters. The topological polar surface area (TPSA) is 46.5 Å². The molecule has 0 saturated heterocycles. The number of benzene rings is 1. The van der Waals surface area contributed by atoms with Crippen LogP contribution in [0.4, 0.5) is 0 Å². The van der Waals surface area contributed by atoms with Crippen LogP contribution in [0, 0.1) is 0 Å². The van der Waals surface area contributed by atoms with Crippen LogP contribution in [-0.2, 0) is 16.0 Å². The molecule has 3 nitrogen and oxygen atoms in total. The molecule has 1 aromatic carbocycles. The number of carbonyl (C=O) groups excluding carboxylic acids is 1. The zero-order valence-corrected chi connectivity index (χ0v) is 10.1. The Hall–Kier alpha value is -1.77. The lowest BCUT2D eigenvalue weighted by atomic mass is 10.1. The minimum absolute atomic E-state index is 0.213. The molecule has 17 heavy (non-hydrogen) atoms. The lowest BCUT2D eigenvalue weighted by Gasteiger charge is -2.06. The number of phenolic OH excluding ortho intramolecular Hbond substituents is 1. The molecule has 0 heterocycles. The van der Waals surface area contributed by atoms with Crippen LogP contribution >= 0.6 is 0 Å². The summed E-state index contributed by atoms with van der Waals surface area (Å²) in [6.45, 7) is 6.20. The Morgan fingerprint density at radius 2 is 2.00 bits per heavy atom. The second-order valence-corrected chi connectivity index (χ2v) is 3.94. The molecule has 0 aliphatic rings. The predicted molar refractivity (Wildman–Crippen MR) is 66.8 cm³/mol. The van der Waals surface area contributed by atoms with Crippen LogP contribution in [0.3, 0.4) is 0 Å². The highest BCUT2D eigenvalue weighted by atomic mass is 16.5. The number of unbranched alkanes of at least 4 members (excludes halogenated alkanes) is 1. The maximum Gasteiger partial charge on any atom is 0.333 e. The molecule has 0 aromatic heterocycles. The third-order valence-corrected chi connectivity index (χ3v) is 2.37. The van der Waals surface area contributed by atoms with Crippen LogP contribution in [0.2, 0.25) is 0 Å². The van der Waals surface area contributed by atoms with Crippen molar-refractivity contribution >= 4 is 5.97 Å². The Balaban J connectivity index is 2.43. The van der Waals surface area contributed by atoms with Gasteiger partial charge >= 0.3 is 5.97 Å². The molecule has 1 rings (SSSR count). The van der Waals surface area contributed by atoms with Crippen molar-refractivity contribution in [1.29, 1.82) is 0 Å². The molecule has 1 N–H and O–H groups in total. The number of aromatic hydroxyl groups is 1. The van der Waals surface area contributed by atoms with Gasteiger partial charge < -0.3 is 9.84 Å². The van der Waals surface area contributed by atoms with Crippen LogP contribution in [0.1, 0.15) is 25.3 Å². The summed E-state index contributed by atoms with van der Waals surface area (Å²) in [7, 11) is 0. The quantitative estimate of drug-likeness (QED) is 0.467. The highest BCUT2D eigenvalue weighted by Crippen LogP contribution is 2.13. The van der Waals surface area contributed by atoms with Gasteiger partial charge in [-0.05, 0) is 24.1 Å². The van der Waals surface area contributed by atoms with E-state index in [0.29, 0.717) is 18.6 Å². The summed E-state index contributed by atoms with van der Waals surface area (Å²) in [5.41, 5.74) is 1.37. The van der Waals surface area contributed by atoms with E-state index in [2.05, 4.69) is 6.58 Å². The van der Waals surface area contributed by atoms with Gasteiger partial charge in [0.05, 0.1) is 6.61 Å². The SMILES string of the molecule is C=C(Cc1ccc(O)cc1)C(=O)OCCCC. The Labute approximate surface area is 102 Å². The van der Waals surface area contributed by atoms with E-state index in [1.54, 1.807) is 24.3 Å². The number of phenols is 1. The van der Waals surface area contributed by atoms with Crippen molar-refractivity contribution in [2.45, 2.75) is 26.2 Å². The van der Waals surface area contributed by atoms with Crippen molar-refractivity contribution in [2.75, 3.05) is 6.61 Å². The molecule has 0 aliphatic carbocycles. The van der Waals surface area contributed by atoms with Gasteiger partial charge in [-0.3, -0.25) is 0 Å². The van der Waals surface area contributed by atoms with Gasteiger partial charge in [0.2, 0.25) is 0 Å². The highest BCUT2D eigenvalue weighted by Gasteiger charge is 2.08. The number of hydrogen-bond donors (Lipinski definition) is 1. The number of esters is 1. The lowest BCUT2D eigenvalue weighted by Crippen LogP contribution is -2.10. The zero-order valence-electron chi connectivity index (χ0n) is 10.1. The van der Waals surface area contributed by atoms with Gasteiger partial charge in [-0.2, -0.15) is 0 Å². The first-order valence-corrected chi connectivity index (χ1v) is 5.76. The summed E-state index contributed by atoms with van der Waals surface area (Å²) >= 11 is 0. The first-order valence-electron chi connectivity index (χ1n) is 5.76. The maximum absolute atomic E-state index is 11.5. The first kappa shape index (κ1) is 13.3. The first-order chi connectivity index (χ1) is 8.13. The van der Waals surface area contributed by atoms with E-state index >= 15 is 0 Å². The maximum atomic E-state index is 11.5.